The fourth-order valence-corrected chi connectivity index (χ4v) is 5.90. The minimum Gasteiger partial charge on any atom is -0.457 e. The average Bonchev–Trinajstić information content (AvgIpc) is 2.69. The van der Waals surface area contributed by atoms with E-state index in [-0.39, 0.29) is 11.9 Å². The van der Waals surface area contributed by atoms with Crippen LogP contribution in [0.5, 0.6) is 17.2 Å². The largest absolute Gasteiger partial charge is 0.457 e. The van der Waals surface area contributed by atoms with Crippen LogP contribution in [-0.4, -0.2) is 5.97 Å². The van der Waals surface area contributed by atoms with Crippen LogP contribution in [0.15, 0.2) is 48.5 Å². The molecular formula is C25H28O3. The molecule has 3 fully saturated rings. The van der Waals surface area contributed by atoms with Gasteiger partial charge in [-0.25, -0.2) is 0 Å². The van der Waals surface area contributed by atoms with E-state index in [2.05, 4.69) is 6.92 Å². The number of aryl methyl sites for hydroxylation is 1. The predicted octanol–water partition coefficient (Wildman–Crippen LogP) is 6.16. The van der Waals surface area contributed by atoms with E-state index in [9.17, 15) is 4.79 Å². The Morgan fingerprint density at radius 2 is 1.43 bits per heavy atom. The van der Waals surface area contributed by atoms with Crippen molar-refractivity contribution < 1.29 is 14.3 Å². The second-order valence-corrected chi connectivity index (χ2v) is 9.09. The van der Waals surface area contributed by atoms with Crippen LogP contribution in [0.2, 0.25) is 0 Å². The lowest BCUT2D eigenvalue weighted by Crippen LogP contribution is -2.45. The molecule has 0 amide bonds. The first-order valence-electron chi connectivity index (χ1n) is 10.7. The summed E-state index contributed by atoms with van der Waals surface area (Å²) < 4.78 is 11.7. The molecule has 5 unspecified atom stereocenters. The molecular weight excluding hydrogens is 348 g/mol. The van der Waals surface area contributed by atoms with Gasteiger partial charge in [0, 0.05) is 0 Å². The Bertz CT molecular complexity index is 833. The van der Waals surface area contributed by atoms with Crippen LogP contribution in [-0.2, 0) is 4.79 Å². The van der Waals surface area contributed by atoms with Gasteiger partial charge in [-0.3, -0.25) is 4.79 Å². The van der Waals surface area contributed by atoms with Crippen LogP contribution in [0.1, 0.15) is 44.1 Å². The summed E-state index contributed by atoms with van der Waals surface area (Å²) in [6, 6.07) is 15.4. The van der Waals surface area contributed by atoms with E-state index in [4.69, 9.17) is 9.47 Å². The van der Waals surface area contributed by atoms with E-state index >= 15 is 0 Å². The summed E-state index contributed by atoms with van der Waals surface area (Å²) in [5.74, 6) is 5.21. The molecule has 0 spiro atoms. The second-order valence-electron chi connectivity index (χ2n) is 9.09. The second kappa shape index (κ2) is 7.27. The average molecular weight is 376 g/mol. The molecule has 3 heteroatoms. The van der Waals surface area contributed by atoms with E-state index in [0.29, 0.717) is 11.7 Å². The molecule has 28 heavy (non-hydrogen) atoms. The Labute approximate surface area is 167 Å². The third-order valence-electron chi connectivity index (χ3n) is 7.16. The SMILES string of the molecule is Cc1ccc(Oc2ccc(OC(=O)C3CC4CC5CCC3C(C5)C4)cc2)cc1. The molecule has 0 heterocycles. The predicted molar refractivity (Wildman–Crippen MR) is 108 cm³/mol. The highest BCUT2D eigenvalue weighted by Gasteiger charge is 2.48. The van der Waals surface area contributed by atoms with E-state index in [1.807, 2.05) is 48.5 Å². The van der Waals surface area contributed by atoms with Crippen LogP contribution in [0.4, 0.5) is 0 Å². The summed E-state index contributed by atoms with van der Waals surface area (Å²) in [5, 5.41) is 0. The zero-order chi connectivity index (χ0) is 19.1. The van der Waals surface area contributed by atoms with Crippen molar-refractivity contribution in [2.45, 2.75) is 45.4 Å². The number of hydrogen-bond acceptors (Lipinski definition) is 3. The molecule has 2 aromatic rings. The highest BCUT2D eigenvalue weighted by atomic mass is 16.5. The van der Waals surface area contributed by atoms with Crippen molar-refractivity contribution >= 4 is 5.97 Å². The Morgan fingerprint density at radius 3 is 2.18 bits per heavy atom. The van der Waals surface area contributed by atoms with Gasteiger partial charge in [0.2, 0.25) is 0 Å². The van der Waals surface area contributed by atoms with Gasteiger partial charge in [0.1, 0.15) is 17.2 Å². The van der Waals surface area contributed by atoms with Crippen LogP contribution in [0.3, 0.4) is 0 Å². The maximum atomic E-state index is 12.9. The maximum absolute atomic E-state index is 12.9. The van der Waals surface area contributed by atoms with Crippen molar-refractivity contribution in [3.05, 3.63) is 54.1 Å². The third kappa shape index (κ3) is 3.55. The number of rotatable bonds is 4. The molecule has 5 atom stereocenters. The van der Waals surface area contributed by atoms with Crippen LogP contribution >= 0.6 is 0 Å². The van der Waals surface area contributed by atoms with Crippen molar-refractivity contribution in [1.29, 1.82) is 0 Å². The summed E-state index contributed by atoms with van der Waals surface area (Å²) in [5.41, 5.74) is 1.20. The van der Waals surface area contributed by atoms with Gasteiger partial charge in [-0.05, 0) is 99.1 Å². The molecule has 0 saturated heterocycles. The number of ether oxygens (including phenoxy) is 2. The number of esters is 1. The number of fused-ring (bicyclic) bond motifs is 2. The Hall–Kier alpha value is -2.29. The fraction of sp³-hybridized carbons (Fsp3) is 0.480. The van der Waals surface area contributed by atoms with Gasteiger partial charge < -0.3 is 9.47 Å². The molecule has 0 aliphatic heterocycles. The van der Waals surface area contributed by atoms with Crippen molar-refractivity contribution in [1.82, 2.24) is 0 Å². The summed E-state index contributed by atoms with van der Waals surface area (Å²) in [7, 11) is 0. The molecule has 3 bridgehead atoms. The lowest BCUT2D eigenvalue weighted by Gasteiger charge is -2.51. The van der Waals surface area contributed by atoms with E-state index in [1.165, 1.54) is 37.7 Å². The standard InChI is InChI=1S/C25H28O3/c1-16-2-5-20(6-3-16)27-21-7-9-22(10-8-21)28-25(26)24-15-18-12-17-4-11-23(24)19(13-17)14-18/h2-3,5-10,17-19,23-24H,4,11-15H2,1H3. The van der Waals surface area contributed by atoms with Gasteiger partial charge in [0.25, 0.3) is 0 Å². The van der Waals surface area contributed by atoms with E-state index in [0.717, 1.165) is 35.7 Å². The summed E-state index contributed by atoms with van der Waals surface area (Å²) in [4.78, 5) is 12.9. The zero-order valence-corrected chi connectivity index (χ0v) is 16.5. The molecule has 0 N–H and O–H groups in total. The van der Waals surface area contributed by atoms with Crippen molar-refractivity contribution in [2.75, 3.05) is 0 Å². The van der Waals surface area contributed by atoms with Crippen LogP contribution in [0, 0.1) is 36.5 Å². The van der Waals surface area contributed by atoms with Crippen LogP contribution in [0.25, 0.3) is 0 Å². The van der Waals surface area contributed by atoms with Gasteiger partial charge in [0.15, 0.2) is 0 Å². The van der Waals surface area contributed by atoms with Gasteiger partial charge in [-0.15, -0.1) is 0 Å². The molecule has 3 aliphatic carbocycles. The topological polar surface area (TPSA) is 35.5 Å². The summed E-state index contributed by atoms with van der Waals surface area (Å²) >= 11 is 0. The van der Waals surface area contributed by atoms with Crippen LogP contribution < -0.4 is 9.47 Å². The highest BCUT2D eigenvalue weighted by Crippen LogP contribution is 2.54. The maximum Gasteiger partial charge on any atom is 0.314 e. The number of carbonyl (C=O) groups is 1. The first kappa shape index (κ1) is 17.8. The first-order chi connectivity index (χ1) is 13.6. The number of benzene rings is 2. The summed E-state index contributed by atoms with van der Waals surface area (Å²) in [6.07, 6.45) is 7.58. The monoisotopic (exact) mass is 376 g/mol. The van der Waals surface area contributed by atoms with Crippen molar-refractivity contribution in [3.63, 3.8) is 0 Å². The number of hydrogen-bond donors (Lipinski definition) is 0. The third-order valence-corrected chi connectivity index (χ3v) is 7.16. The van der Waals surface area contributed by atoms with Gasteiger partial charge in [-0.2, -0.15) is 0 Å². The summed E-state index contributed by atoms with van der Waals surface area (Å²) in [6.45, 7) is 2.05. The van der Waals surface area contributed by atoms with Gasteiger partial charge >= 0.3 is 5.97 Å². The van der Waals surface area contributed by atoms with Crippen molar-refractivity contribution in [2.24, 2.45) is 29.6 Å². The Balaban J connectivity index is 1.23. The lowest BCUT2D eigenvalue weighted by atomic mass is 9.54. The minimum absolute atomic E-state index is 0.0211. The van der Waals surface area contributed by atoms with E-state index < -0.39 is 0 Å². The van der Waals surface area contributed by atoms with Gasteiger partial charge in [0.05, 0.1) is 5.92 Å². The molecule has 3 saturated carbocycles. The van der Waals surface area contributed by atoms with E-state index in [1.54, 1.807) is 0 Å². The molecule has 146 valence electrons. The molecule has 3 aliphatic rings. The molecule has 5 rings (SSSR count). The Kier molecular flexibility index (Phi) is 4.62. The zero-order valence-electron chi connectivity index (χ0n) is 16.5. The first-order valence-corrected chi connectivity index (χ1v) is 10.7. The van der Waals surface area contributed by atoms with Gasteiger partial charge in [-0.1, -0.05) is 24.1 Å². The molecule has 0 radical (unpaired) electrons. The fourth-order valence-electron chi connectivity index (χ4n) is 5.90. The lowest BCUT2D eigenvalue weighted by molar-refractivity contribution is -0.147. The van der Waals surface area contributed by atoms with Crippen molar-refractivity contribution in [3.8, 4) is 17.2 Å². The normalized spacial score (nSPS) is 30.7. The quantitative estimate of drug-likeness (QED) is 0.474. The molecule has 2 aromatic carbocycles. The minimum atomic E-state index is -0.0211. The molecule has 3 nitrogen and oxygen atoms in total. The highest BCUT2D eigenvalue weighted by molar-refractivity contribution is 5.75. The number of carbonyl (C=O) groups excluding carboxylic acids is 1. The Morgan fingerprint density at radius 1 is 0.786 bits per heavy atom. The molecule has 0 aromatic heterocycles. The smallest absolute Gasteiger partial charge is 0.314 e.